The molecule has 3 N–H and O–H groups in total. The van der Waals surface area contributed by atoms with Crippen molar-refractivity contribution in [3.05, 3.63) is 57.8 Å². The summed E-state index contributed by atoms with van der Waals surface area (Å²) in [5.74, 6) is -1.53. The second-order valence-electron chi connectivity index (χ2n) is 4.77. The zero-order valence-electron chi connectivity index (χ0n) is 11.5. The van der Waals surface area contributed by atoms with Gasteiger partial charge in [-0.15, -0.1) is 0 Å². The van der Waals surface area contributed by atoms with Crippen molar-refractivity contribution in [2.75, 3.05) is 12.8 Å². The summed E-state index contributed by atoms with van der Waals surface area (Å²) in [7, 11) is 1.39. The molecule has 4 nitrogen and oxygen atoms in total. The van der Waals surface area contributed by atoms with Gasteiger partial charge in [-0.05, 0) is 34.1 Å². The van der Waals surface area contributed by atoms with Gasteiger partial charge in [0, 0.05) is 34.9 Å². The first kappa shape index (κ1) is 14.9. The molecule has 0 spiro atoms. The van der Waals surface area contributed by atoms with Gasteiger partial charge in [0.05, 0.1) is 11.3 Å². The lowest BCUT2D eigenvalue weighted by molar-refractivity contribution is 0.130. The third kappa shape index (κ3) is 2.36. The van der Waals surface area contributed by atoms with E-state index >= 15 is 0 Å². The number of H-pyrrole nitrogens is 1. The molecule has 0 bridgehead atoms. The van der Waals surface area contributed by atoms with E-state index in [1.807, 2.05) is 6.07 Å². The van der Waals surface area contributed by atoms with Crippen molar-refractivity contribution in [2.45, 2.75) is 6.10 Å². The van der Waals surface area contributed by atoms with Crippen LogP contribution in [0.25, 0.3) is 11.0 Å². The number of benzene rings is 1. The minimum atomic E-state index is -0.937. The Kier molecular flexibility index (Phi) is 3.84. The van der Waals surface area contributed by atoms with Gasteiger partial charge < -0.3 is 15.5 Å². The van der Waals surface area contributed by atoms with Gasteiger partial charge in [0.1, 0.15) is 17.6 Å². The van der Waals surface area contributed by atoms with E-state index in [2.05, 4.69) is 25.9 Å². The molecule has 1 aromatic carbocycles. The van der Waals surface area contributed by atoms with Crippen LogP contribution in [0.4, 0.5) is 14.5 Å². The van der Waals surface area contributed by atoms with Crippen molar-refractivity contribution in [2.24, 2.45) is 0 Å². The van der Waals surface area contributed by atoms with Crippen molar-refractivity contribution in [3.8, 4) is 0 Å². The Hall–Kier alpha value is -1.99. The first-order valence-electron chi connectivity index (χ1n) is 6.41. The molecule has 2 heterocycles. The van der Waals surface area contributed by atoms with E-state index in [0.717, 1.165) is 10.5 Å². The first-order valence-corrected chi connectivity index (χ1v) is 7.21. The molecule has 0 amide bonds. The van der Waals surface area contributed by atoms with E-state index in [1.54, 1.807) is 12.4 Å². The number of nitrogens with one attached hydrogen (secondary N) is 1. The molecule has 0 fully saturated rings. The summed E-state index contributed by atoms with van der Waals surface area (Å²) in [5, 5.41) is 0.711. The molecule has 3 aromatic rings. The molecule has 0 aliphatic rings. The molecule has 0 aliphatic carbocycles. The number of ether oxygens (including phenoxy) is 1. The summed E-state index contributed by atoms with van der Waals surface area (Å²) in [6.07, 6.45) is 2.32. The highest BCUT2D eigenvalue weighted by molar-refractivity contribution is 9.10. The normalized spacial score (nSPS) is 12.7. The highest BCUT2D eigenvalue weighted by Crippen LogP contribution is 2.35. The molecule has 2 aromatic heterocycles. The lowest BCUT2D eigenvalue weighted by Crippen LogP contribution is -2.10. The molecule has 3 rings (SSSR count). The fourth-order valence-corrected chi connectivity index (χ4v) is 2.77. The summed E-state index contributed by atoms with van der Waals surface area (Å²) in [5.41, 5.74) is 6.38. The third-order valence-electron chi connectivity index (χ3n) is 3.47. The van der Waals surface area contributed by atoms with Crippen LogP contribution in [0.1, 0.15) is 17.2 Å². The quantitative estimate of drug-likeness (QED) is 0.689. The molecule has 114 valence electrons. The summed E-state index contributed by atoms with van der Waals surface area (Å²) in [4.78, 5) is 7.17. The predicted octanol–water partition coefficient (Wildman–Crippen LogP) is 3.92. The van der Waals surface area contributed by atoms with Crippen molar-refractivity contribution < 1.29 is 13.5 Å². The zero-order chi connectivity index (χ0) is 15.9. The van der Waals surface area contributed by atoms with Gasteiger partial charge in [-0.25, -0.2) is 13.8 Å². The van der Waals surface area contributed by atoms with Crippen LogP contribution in [-0.4, -0.2) is 17.1 Å². The van der Waals surface area contributed by atoms with Crippen LogP contribution in [0.5, 0.6) is 0 Å². The van der Waals surface area contributed by atoms with Crippen molar-refractivity contribution >= 4 is 32.7 Å². The highest BCUT2D eigenvalue weighted by atomic mass is 79.9. The molecule has 0 radical (unpaired) electrons. The maximum atomic E-state index is 14.3. The number of aromatic amines is 1. The summed E-state index contributed by atoms with van der Waals surface area (Å²) in [6, 6.07) is 4.12. The van der Waals surface area contributed by atoms with E-state index in [1.165, 1.54) is 13.2 Å². The van der Waals surface area contributed by atoms with E-state index in [9.17, 15) is 8.78 Å². The zero-order valence-corrected chi connectivity index (χ0v) is 13.1. The number of anilines is 1. The fourth-order valence-electron chi connectivity index (χ4n) is 2.44. The summed E-state index contributed by atoms with van der Waals surface area (Å²) >= 11 is 3.33. The van der Waals surface area contributed by atoms with Crippen LogP contribution in [0.15, 0.2) is 35.1 Å². The fraction of sp³-hybridized carbons (Fsp3) is 0.133. The number of nitrogens with zero attached hydrogens (tertiary/aromatic N) is 1. The number of hydrogen-bond donors (Lipinski definition) is 2. The molecule has 1 unspecified atom stereocenters. The lowest BCUT2D eigenvalue weighted by atomic mass is 9.99. The maximum Gasteiger partial charge on any atom is 0.155 e. The van der Waals surface area contributed by atoms with Gasteiger partial charge >= 0.3 is 0 Å². The highest BCUT2D eigenvalue weighted by Gasteiger charge is 2.26. The van der Waals surface area contributed by atoms with Gasteiger partial charge in [-0.1, -0.05) is 0 Å². The van der Waals surface area contributed by atoms with Gasteiger partial charge in [-0.3, -0.25) is 0 Å². The first-order chi connectivity index (χ1) is 10.5. The van der Waals surface area contributed by atoms with Crippen LogP contribution < -0.4 is 5.73 Å². The number of aromatic nitrogens is 2. The average molecular weight is 368 g/mol. The summed E-state index contributed by atoms with van der Waals surface area (Å²) < 4.78 is 34.5. The van der Waals surface area contributed by atoms with Gasteiger partial charge in [0.25, 0.3) is 0 Å². The monoisotopic (exact) mass is 367 g/mol. The van der Waals surface area contributed by atoms with E-state index in [4.69, 9.17) is 10.5 Å². The van der Waals surface area contributed by atoms with Crippen molar-refractivity contribution in [3.63, 3.8) is 0 Å². The molecule has 22 heavy (non-hydrogen) atoms. The minimum Gasteiger partial charge on any atom is -0.396 e. The largest absolute Gasteiger partial charge is 0.396 e. The van der Waals surface area contributed by atoms with Gasteiger partial charge in [0.2, 0.25) is 0 Å². The molecular weight excluding hydrogens is 356 g/mol. The molecule has 1 atom stereocenters. The molecule has 0 aliphatic heterocycles. The maximum absolute atomic E-state index is 14.3. The topological polar surface area (TPSA) is 63.9 Å². The number of pyridine rings is 1. The van der Waals surface area contributed by atoms with Crippen molar-refractivity contribution in [1.29, 1.82) is 0 Å². The van der Waals surface area contributed by atoms with Crippen LogP contribution in [0.3, 0.4) is 0 Å². The van der Waals surface area contributed by atoms with Crippen LogP contribution >= 0.6 is 15.9 Å². The number of nitrogens with two attached hydrogens (primary N) is 1. The van der Waals surface area contributed by atoms with Crippen molar-refractivity contribution in [1.82, 2.24) is 9.97 Å². The number of methoxy groups -OCH3 is 1. The number of rotatable bonds is 3. The second-order valence-corrected chi connectivity index (χ2v) is 5.69. The number of halogens is 3. The Labute approximate surface area is 133 Å². The smallest absolute Gasteiger partial charge is 0.155 e. The average Bonchev–Trinajstić information content (AvgIpc) is 2.90. The molecule has 0 saturated carbocycles. The lowest BCUT2D eigenvalue weighted by Gasteiger charge is -2.17. The number of fused-ring (bicyclic) bond motifs is 1. The minimum absolute atomic E-state index is 0.127. The number of nitrogen functional groups attached to an aromatic ring is 1. The summed E-state index contributed by atoms with van der Waals surface area (Å²) in [6.45, 7) is 0. The second kappa shape index (κ2) is 5.66. The Morgan fingerprint density at radius 2 is 2.14 bits per heavy atom. The number of hydrogen-bond acceptors (Lipinski definition) is 3. The van der Waals surface area contributed by atoms with E-state index in [-0.39, 0.29) is 11.3 Å². The molecular formula is C15H12BrF2N3O. The SMILES string of the molecule is COC(c1c(F)ccc(N)c1F)c1c[nH]c2ncc(Br)cc12. The predicted molar refractivity (Wildman–Crippen MR) is 83.4 cm³/mol. The van der Waals surface area contributed by atoms with Crippen LogP contribution in [-0.2, 0) is 4.74 Å². The molecule has 0 saturated heterocycles. The standard InChI is InChI=1S/C15H12BrF2N3O/c1-22-14(12-10(17)2-3-11(19)13(12)18)9-6-21-15-8(9)4-7(16)5-20-15/h2-6,14H,19H2,1H3,(H,20,21). The Morgan fingerprint density at radius 1 is 1.36 bits per heavy atom. The third-order valence-corrected chi connectivity index (χ3v) is 3.90. The van der Waals surface area contributed by atoms with E-state index < -0.39 is 17.7 Å². The van der Waals surface area contributed by atoms with Crippen LogP contribution in [0, 0.1) is 11.6 Å². The van der Waals surface area contributed by atoms with Crippen LogP contribution in [0.2, 0.25) is 0 Å². The Morgan fingerprint density at radius 3 is 2.86 bits per heavy atom. The van der Waals surface area contributed by atoms with E-state index in [0.29, 0.717) is 16.6 Å². The Balaban J connectivity index is 2.23. The Bertz CT molecular complexity index is 850. The molecule has 7 heteroatoms. The van der Waals surface area contributed by atoms with Gasteiger partial charge in [0.15, 0.2) is 5.82 Å². The van der Waals surface area contributed by atoms with Gasteiger partial charge in [-0.2, -0.15) is 0 Å².